The number of hydrogen-bond donors (Lipinski definition) is 0. The fourth-order valence-electron chi connectivity index (χ4n) is 1.87. The van der Waals surface area contributed by atoms with Crippen LogP contribution in [0.2, 0.25) is 0 Å². The Morgan fingerprint density at radius 3 is 2.76 bits per heavy atom. The van der Waals surface area contributed by atoms with Gasteiger partial charge in [-0.2, -0.15) is 0 Å². The summed E-state index contributed by atoms with van der Waals surface area (Å²) in [6.07, 6.45) is 3.06. The molecule has 0 aliphatic rings. The third-order valence-electron chi connectivity index (χ3n) is 2.85. The summed E-state index contributed by atoms with van der Waals surface area (Å²) in [7, 11) is 0. The van der Waals surface area contributed by atoms with Gasteiger partial charge in [0.1, 0.15) is 5.52 Å². The maximum atomic E-state index is 12.1. The average Bonchev–Trinajstić information content (AvgIpc) is 3.06. The first-order valence-electron chi connectivity index (χ1n) is 6.19. The monoisotopic (exact) mass is 298 g/mol. The van der Waals surface area contributed by atoms with Crippen molar-refractivity contribution in [3.63, 3.8) is 0 Å². The molecule has 5 nitrogen and oxygen atoms in total. The van der Waals surface area contributed by atoms with Crippen molar-refractivity contribution in [1.82, 2.24) is 9.97 Å². The highest BCUT2D eigenvalue weighted by atomic mass is 32.1. The van der Waals surface area contributed by atoms with E-state index in [2.05, 4.69) is 9.97 Å². The third kappa shape index (κ3) is 2.80. The summed E-state index contributed by atoms with van der Waals surface area (Å²) in [5.41, 5.74) is 1.38. The van der Waals surface area contributed by atoms with Crippen LogP contribution in [0.4, 0.5) is 0 Å². The number of fused-ring (bicyclic) bond motifs is 1. The van der Waals surface area contributed by atoms with Gasteiger partial charge in [-0.25, -0.2) is 4.79 Å². The minimum Gasteiger partial charge on any atom is -0.454 e. The fraction of sp³-hybridized carbons (Fsp3) is 0.0667. The predicted octanol–water partition coefficient (Wildman–Crippen LogP) is 2.73. The average molecular weight is 298 g/mol. The molecule has 0 fully saturated rings. The summed E-state index contributed by atoms with van der Waals surface area (Å²) >= 11 is 1.32. The Bertz CT molecular complexity index is 794. The number of thiophene rings is 1. The van der Waals surface area contributed by atoms with Gasteiger partial charge >= 0.3 is 5.97 Å². The highest BCUT2D eigenvalue weighted by molar-refractivity contribution is 7.12. The number of carbonyl (C=O) groups is 2. The molecular weight excluding hydrogens is 288 g/mol. The van der Waals surface area contributed by atoms with E-state index in [1.165, 1.54) is 17.5 Å². The number of ether oxygens (including phenoxy) is 1. The number of aromatic nitrogens is 2. The van der Waals surface area contributed by atoms with Gasteiger partial charge in [0.05, 0.1) is 16.0 Å². The van der Waals surface area contributed by atoms with Crippen molar-refractivity contribution in [3.8, 4) is 0 Å². The van der Waals surface area contributed by atoms with Crippen molar-refractivity contribution in [2.45, 2.75) is 0 Å². The quantitative estimate of drug-likeness (QED) is 0.547. The number of rotatable bonds is 4. The maximum Gasteiger partial charge on any atom is 0.340 e. The van der Waals surface area contributed by atoms with Gasteiger partial charge < -0.3 is 4.74 Å². The highest BCUT2D eigenvalue weighted by Crippen LogP contribution is 2.15. The van der Waals surface area contributed by atoms with Crippen LogP contribution in [-0.2, 0) is 4.74 Å². The molecule has 2 aromatic heterocycles. The molecule has 104 valence electrons. The topological polar surface area (TPSA) is 69.2 Å². The Balaban J connectivity index is 1.77. The van der Waals surface area contributed by atoms with Crippen LogP contribution in [0, 0.1) is 0 Å². The van der Waals surface area contributed by atoms with Crippen LogP contribution >= 0.6 is 11.3 Å². The van der Waals surface area contributed by atoms with E-state index in [-0.39, 0.29) is 12.4 Å². The molecule has 2 heterocycles. The lowest BCUT2D eigenvalue weighted by molar-refractivity contribution is 0.0477. The van der Waals surface area contributed by atoms with E-state index in [0.29, 0.717) is 21.5 Å². The van der Waals surface area contributed by atoms with Gasteiger partial charge in [0.25, 0.3) is 0 Å². The molecule has 0 radical (unpaired) electrons. The summed E-state index contributed by atoms with van der Waals surface area (Å²) in [4.78, 5) is 32.7. The standard InChI is InChI=1S/C15H10N2O3S/c18-12(13-5-2-8-21-13)9-20-15(19)10-3-1-4-11-14(10)17-7-6-16-11/h1-8H,9H2. The van der Waals surface area contributed by atoms with E-state index < -0.39 is 5.97 Å². The molecule has 0 spiro atoms. The van der Waals surface area contributed by atoms with Gasteiger partial charge in [0.15, 0.2) is 6.61 Å². The third-order valence-corrected chi connectivity index (χ3v) is 3.76. The number of esters is 1. The predicted molar refractivity (Wildman–Crippen MR) is 78.5 cm³/mol. The first-order chi connectivity index (χ1) is 10.3. The highest BCUT2D eigenvalue weighted by Gasteiger charge is 2.15. The summed E-state index contributed by atoms with van der Waals surface area (Å²) in [5, 5.41) is 1.80. The number of para-hydroxylation sites is 1. The lowest BCUT2D eigenvalue weighted by atomic mass is 10.2. The lowest BCUT2D eigenvalue weighted by Crippen LogP contribution is -2.14. The molecule has 0 saturated carbocycles. The minimum atomic E-state index is -0.578. The van der Waals surface area contributed by atoms with Gasteiger partial charge in [-0.3, -0.25) is 14.8 Å². The van der Waals surface area contributed by atoms with E-state index in [1.807, 2.05) is 0 Å². The van der Waals surface area contributed by atoms with E-state index in [1.54, 1.807) is 41.9 Å². The molecule has 0 saturated heterocycles. The van der Waals surface area contributed by atoms with E-state index in [4.69, 9.17) is 4.74 Å². The van der Waals surface area contributed by atoms with Gasteiger partial charge in [-0.1, -0.05) is 12.1 Å². The molecule has 0 aliphatic carbocycles. The second kappa shape index (κ2) is 5.80. The van der Waals surface area contributed by atoms with Crippen LogP contribution in [0.15, 0.2) is 48.1 Å². The molecule has 1 aromatic carbocycles. The Labute approximate surface area is 124 Å². The maximum absolute atomic E-state index is 12.1. The van der Waals surface area contributed by atoms with Crippen LogP contribution in [0.5, 0.6) is 0 Å². The van der Waals surface area contributed by atoms with Crippen LogP contribution < -0.4 is 0 Å². The number of Topliss-reactive ketones (excluding diaryl/α,β-unsaturated/α-hetero) is 1. The van der Waals surface area contributed by atoms with Crippen molar-refractivity contribution in [1.29, 1.82) is 0 Å². The SMILES string of the molecule is O=C(COC(=O)c1cccc2nccnc12)c1cccs1. The zero-order valence-corrected chi connectivity index (χ0v) is 11.7. The van der Waals surface area contributed by atoms with Crippen molar-refractivity contribution < 1.29 is 14.3 Å². The molecule has 0 aliphatic heterocycles. The molecule has 0 unspecified atom stereocenters. The van der Waals surface area contributed by atoms with Crippen molar-refractivity contribution >= 4 is 34.1 Å². The Hall–Kier alpha value is -2.60. The fourth-order valence-corrected chi connectivity index (χ4v) is 2.53. The van der Waals surface area contributed by atoms with Crippen LogP contribution in [-0.4, -0.2) is 28.3 Å². The van der Waals surface area contributed by atoms with Gasteiger partial charge in [0, 0.05) is 12.4 Å². The molecule has 0 amide bonds. The molecule has 6 heteroatoms. The zero-order chi connectivity index (χ0) is 14.7. The largest absolute Gasteiger partial charge is 0.454 e. The first-order valence-corrected chi connectivity index (χ1v) is 7.07. The van der Waals surface area contributed by atoms with E-state index in [9.17, 15) is 9.59 Å². The van der Waals surface area contributed by atoms with Gasteiger partial charge in [0.2, 0.25) is 5.78 Å². The van der Waals surface area contributed by atoms with Gasteiger partial charge in [-0.05, 0) is 23.6 Å². The summed E-state index contributed by atoms with van der Waals surface area (Å²) in [6.45, 7) is -0.282. The number of hydrogen-bond acceptors (Lipinski definition) is 6. The normalized spacial score (nSPS) is 10.5. The summed E-state index contributed by atoms with van der Waals surface area (Å²) in [6, 6.07) is 8.55. The van der Waals surface area contributed by atoms with Crippen LogP contribution in [0.3, 0.4) is 0 Å². The van der Waals surface area contributed by atoms with E-state index in [0.717, 1.165) is 0 Å². The molecule has 0 bridgehead atoms. The van der Waals surface area contributed by atoms with Crippen molar-refractivity contribution in [3.05, 3.63) is 58.5 Å². The summed E-state index contributed by atoms with van der Waals surface area (Å²) in [5.74, 6) is -0.796. The number of carbonyl (C=O) groups excluding carboxylic acids is 2. The zero-order valence-electron chi connectivity index (χ0n) is 10.9. The molecule has 3 aromatic rings. The molecule has 0 atom stereocenters. The smallest absolute Gasteiger partial charge is 0.340 e. The number of nitrogens with zero attached hydrogens (tertiary/aromatic N) is 2. The Morgan fingerprint density at radius 2 is 1.95 bits per heavy atom. The minimum absolute atomic E-state index is 0.218. The first kappa shape index (κ1) is 13.4. The molecule has 0 N–H and O–H groups in total. The van der Waals surface area contributed by atoms with E-state index >= 15 is 0 Å². The molecule has 3 rings (SSSR count). The van der Waals surface area contributed by atoms with Crippen molar-refractivity contribution in [2.24, 2.45) is 0 Å². The Kier molecular flexibility index (Phi) is 3.70. The second-order valence-electron chi connectivity index (χ2n) is 4.21. The van der Waals surface area contributed by atoms with Crippen LogP contribution in [0.25, 0.3) is 11.0 Å². The number of benzene rings is 1. The van der Waals surface area contributed by atoms with Crippen molar-refractivity contribution in [2.75, 3.05) is 6.61 Å². The molecular formula is C15H10N2O3S. The number of ketones is 1. The lowest BCUT2D eigenvalue weighted by Gasteiger charge is -2.05. The van der Waals surface area contributed by atoms with Gasteiger partial charge in [-0.15, -0.1) is 11.3 Å². The molecule has 21 heavy (non-hydrogen) atoms. The summed E-state index contributed by atoms with van der Waals surface area (Å²) < 4.78 is 5.07. The second-order valence-corrected chi connectivity index (χ2v) is 5.15. The van der Waals surface area contributed by atoms with Crippen LogP contribution in [0.1, 0.15) is 20.0 Å². The Morgan fingerprint density at radius 1 is 1.10 bits per heavy atom.